The van der Waals surface area contributed by atoms with Crippen LogP contribution in [0.15, 0.2) is 42.5 Å². The van der Waals surface area contributed by atoms with E-state index in [1.807, 2.05) is 70.4 Å². The molecule has 0 bridgehead atoms. The summed E-state index contributed by atoms with van der Waals surface area (Å²) < 4.78 is 5.23. The van der Waals surface area contributed by atoms with E-state index in [0.717, 1.165) is 34.7 Å². The van der Waals surface area contributed by atoms with Crippen LogP contribution in [0.4, 0.5) is 16.2 Å². The number of aryl methyl sites for hydroxylation is 1. The first-order valence-electron chi connectivity index (χ1n) is 8.37. The zero-order valence-corrected chi connectivity index (χ0v) is 15.6. The number of benzene rings is 2. The summed E-state index contributed by atoms with van der Waals surface area (Å²) in [6.07, 6.45) is 0.739. The Kier molecular flexibility index (Phi) is 6.28. The second-order valence-corrected chi connectivity index (χ2v) is 6.45. The number of nitrogens with one attached hydrogen (secondary N) is 2. The number of amides is 2. The molecule has 2 aromatic carbocycles. The standard InChI is InChI=1S/C20H27N3O2/c1-14-11-17(9-10-19(14)23(3)4)22-20(24)21-15(2)12-16-7-6-8-18(13-16)25-5/h6-11,13,15H,12H2,1-5H3,(H2,21,22,24). The molecule has 0 aromatic heterocycles. The topological polar surface area (TPSA) is 53.6 Å². The van der Waals surface area contributed by atoms with Crippen molar-refractivity contribution in [2.24, 2.45) is 0 Å². The molecule has 1 unspecified atom stereocenters. The molecule has 0 aliphatic carbocycles. The molecule has 1 atom stereocenters. The van der Waals surface area contributed by atoms with Crippen molar-refractivity contribution in [3.05, 3.63) is 53.6 Å². The first-order valence-corrected chi connectivity index (χ1v) is 8.37. The minimum Gasteiger partial charge on any atom is -0.497 e. The van der Waals surface area contributed by atoms with E-state index in [9.17, 15) is 4.79 Å². The van der Waals surface area contributed by atoms with Crippen molar-refractivity contribution in [2.45, 2.75) is 26.3 Å². The molecule has 2 amide bonds. The molecule has 2 N–H and O–H groups in total. The molecule has 0 saturated heterocycles. The largest absolute Gasteiger partial charge is 0.497 e. The molecular weight excluding hydrogens is 314 g/mol. The summed E-state index contributed by atoms with van der Waals surface area (Å²) in [5.74, 6) is 0.825. The Hall–Kier alpha value is -2.69. The van der Waals surface area contributed by atoms with Gasteiger partial charge in [-0.2, -0.15) is 0 Å². The Labute approximate surface area is 150 Å². The molecular formula is C20H27N3O2. The highest BCUT2D eigenvalue weighted by Crippen LogP contribution is 2.21. The molecule has 25 heavy (non-hydrogen) atoms. The molecule has 0 fully saturated rings. The van der Waals surface area contributed by atoms with Gasteiger partial charge in [-0.1, -0.05) is 12.1 Å². The summed E-state index contributed by atoms with van der Waals surface area (Å²) in [5.41, 5.74) is 4.16. The number of nitrogens with zero attached hydrogens (tertiary/aromatic N) is 1. The highest BCUT2D eigenvalue weighted by molar-refractivity contribution is 5.89. The van der Waals surface area contributed by atoms with E-state index in [1.54, 1.807) is 7.11 Å². The van der Waals surface area contributed by atoms with E-state index >= 15 is 0 Å². The van der Waals surface area contributed by atoms with Gasteiger partial charge in [-0.05, 0) is 61.7 Å². The number of hydrogen-bond acceptors (Lipinski definition) is 3. The summed E-state index contributed by atoms with van der Waals surface area (Å²) in [7, 11) is 5.66. The normalized spacial score (nSPS) is 11.6. The molecule has 5 heteroatoms. The third-order valence-corrected chi connectivity index (χ3v) is 3.99. The quantitative estimate of drug-likeness (QED) is 0.840. The van der Waals surface area contributed by atoms with Crippen molar-refractivity contribution in [1.82, 2.24) is 5.32 Å². The maximum absolute atomic E-state index is 12.2. The lowest BCUT2D eigenvalue weighted by molar-refractivity contribution is 0.249. The van der Waals surface area contributed by atoms with E-state index in [0.29, 0.717) is 0 Å². The van der Waals surface area contributed by atoms with Gasteiger partial charge in [0.05, 0.1) is 7.11 Å². The van der Waals surface area contributed by atoms with Crippen molar-refractivity contribution in [2.75, 3.05) is 31.4 Å². The summed E-state index contributed by atoms with van der Waals surface area (Å²) in [6, 6.07) is 13.6. The van der Waals surface area contributed by atoms with E-state index in [2.05, 4.69) is 15.5 Å². The number of carbonyl (C=O) groups is 1. The van der Waals surface area contributed by atoms with Gasteiger partial charge in [-0.25, -0.2) is 4.79 Å². The SMILES string of the molecule is COc1cccc(CC(C)NC(=O)Nc2ccc(N(C)C)c(C)c2)c1. The highest BCUT2D eigenvalue weighted by atomic mass is 16.5. The van der Waals surface area contributed by atoms with Gasteiger partial charge in [0, 0.05) is 31.5 Å². The molecule has 134 valence electrons. The molecule has 0 aliphatic rings. The van der Waals surface area contributed by atoms with E-state index in [-0.39, 0.29) is 12.1 Å². The molecule has 2 rings (SSSR count). The van der Waals surface area contributed by atoms with Crippen molar-refractivity contribution >= 4 is 17.4 Å². The Balaban J connectivity index is 1.92. The van der Waals surface area contributed by atoms with Crippen molar-refractivity contribution < 1.29 is 9.53 Å². The molecule has 2 aromatic rings. The van der Waals surface area contributed by atoms with E-state index in [1.165, 1.54) is 0 Å². The second kappa shape index (κ2) is 8.42. The Morgan fingerprint density at radius 2 is 1.96 bits per heavy atom. The Bertz CT molecular complexity index is 729. The fourth-order valence-corrected chi connectivity index (χ4v) is 2.83. The Morgan fingerprint density at radius 3 is 2.60 bits per heavy atom. The summed E-state index contributed by atoms with van der Waals surface area (Å²) in [6.45, 7) is 4.02. The first-order chi connectivity index (χ1) is 11.9. The lowest BCUT2D eigenvalue weighted by atomic mass is 10.1. The first kappa shape index (κ1) is 18.6. The number of urea groups is 1. The minimum atomic E-state index is -0.201. The van der Waals surface area contributed by atoms with E-state index < -0.39 is 0 Å². The highest BCUT2D eigenvalue weighted by Gasteiger charge is 2.10. The number of anilines is 2. The number of carbonyl (C=O) groups excluding carboxylic acids is 1. The fraction of sp³-hybridized carbons (Fsp3) is 0.350. The second-order valence-electron chi connectivity index (χ2n) is 6.45. The molecule has 0 heterocycles. The van der Waals surface area contributed by atoms with Gasteiger partial charge in [0.1, 0.15) is 5.75 Å². The Morgan fingerprint density at radius 1 is 1.20 bits per heavy atom. The van der Waals surface area contributed by atoms with Gasteiger partial charge in [-0.3, -0.25) is 0 Å². The van der Waals surface area contributed by atoms with Gasteiger partial charge < -0.3 is 20.3 Å². The molecule has 0 radical (unpaired) electrons. The third-order valence-electron chi connectivity index (χ3n) is 3.99. The van der Waals surface area contributed by atoms with Gasteiger partial charge in [0.2, 0.25) is 0 Å². The fourth-order valence-electron chi connectivity index (χ4n) is 2.83. The number of rotatable bonds is 6. The van der Waals surface area contributed by atoms with Crippen LogP contribution in [0, 0.1) is 6.92 Å². The number of hydrogen-bond donors (Lipinski definition) is 2. The number of ether oxygens (including phenoxy) is 1. The minimum absolute atomic E-state index is 0.00857. The monoisotopic (exact) mass is 341 g/mol. The third kappa shape index (κ3) is 5.41. The van der Waals surface area contributed by atoms with Gasteiger partial charge >= 0.3 is 6.03 Å². The predicted octanol–water partition coefficient (Wildman–Crippen LogP) is 3.82. The van der Waals surface area contributed by atoms with Gasteiger partial charge in [-0.15, -0.1) is 0 Å². The zero-order chi connectivity index (χ0) is 18.4. The van der Waals surface area contributed by atoms with E-state index in [4.69, 9.17) is 4.74 Å². The van der Waals surface area contributed by atoms with Crippen LogP contribution >= 0.6 is 0 Å². The lowest BCUT2D eigenvalue weighted by Gasteiger charge is -2.18. The predicted molar refractivity (Wildman–Crippen MR) is 104 cm³/mol. The average molecular weight is 341 g/mol. The maximum atomic E-state index is 12.2. The summed E-state index contributed by atoms with van der Waals surface area (Å²) in [5, 5.41) is 5.86. The van der Waals surface area contributed by atoms with Crippen LogP contribution in [0.5, 0.6) is 5.75 Å². The number of methoxy groups -OCH3 is 1. The molecule has 5 nitrogen and oxygen atoms in total. The van der Waals surface area contributed by atoms with Crippen LogP contribution in [0.25, 0.3) is 0 Å². The van der Waals surface area contributed by atoms with Crippen LogP contribution in [0.2, 0.25) is 0 Å². The van der Waals surface area contributed by atoms with Crippen LogP contribution < -0.4 is 20.3 Å². The average Bonchev–Trinajstić information content (AvgIpc) is 2.54. The lowest BCUT2D eigenvalue weighted by Crippen LogP contribution is -2.37. The zero-order valence-electron chi connectivity index (χ0n) is 15.6. The summed E-state index contributed by atoms with van der Waals surface area (Å²) >= 11 is 0. The van der Waals surface area contributed by atoms with Gasteiger partial charge in [0.15, 0.2) is 0 Å². The van der Waals surface area contributed by atoms with Gasteiger partial charge in [0.25, 0.3) is 0 Å². The molecule has 0 aliphatic heterocycles. The van der Waals surface area contributed by atoms with Crippen molar-refractivity contribution in [3.8, 4) is 5.75 Å². The van der Waals surface area contributed by atoms with Crippen LogP contribution in [0.3, 0.4) is 0 Å². The molecule has 0 spiro atoms. The van der Waals surface area contributed by atoms with Crippen molar-refractivity contribution in [1.29, 1.82) is 0 Å². The summed E-state index contributed by atoms with van der Waals surface area (Å²) in [4.78, 5) is 14.3. The van der Waals surface area contributed by atoms with Crippen molar-refractivity contribution in [3.63, 3.8) is 0 Å². The molecule has 0 saturated carbocycles. The van der Waals surface area contributed by atoms with Crippen LogP contribution in [-0.4, -0.2) is 33.3 Å². The maximum Gasteiger partial charge on any atom is 0.319 e. The van der Waals surface area contributed by atoms with Crippen LogP contribution in [-0.2, 0) is 6.42 Å². The smallest absolute Gasteiger partial charge is 0.319 e. The van der Waals surface area contributed by atoms with Crippen LogP contribution in [0.1, 0.15) is 18.1 Å².